The first-order valence-electron chi connectivity index (χ1n) is 7.25. The number of nitrogens with zero attached hydrogens (tertiary/aromatic N) is 3. The smallest absolute Gasteiger partial charge is 0.270 e. The van der Waals surface area contributed by atoms with E-state index in [0.29, 0.717) is 24.2 Å². The van der Waals surface area contributed by atoms with Crippen LogP contribution in [0.15, 0.2) is 24.9 Å². The fourth-order valence-electron chi connectivity index (χ4n) is 2.56. The second-order valence-electron chi connectivity index (χ2n) is 4.99. The maximum atomic E-state index is 11.9. The summed E-state index contributed by atoms with van der Waals surface area (Å²) in [5.41, 5.74) is 0.414. The molecule has 1 aliphatic rings. The molecule has 1 aromatic heterocycles. The number of aromatic nitrogens is 2. The Morgan fingerprint density at radius 1 is 1.60 bits per heavy atom. The lowest BCUT2D eigenvalue weighted by molar-refractivity contribution is 0.0953. The van der Waals surface area contributed by atoms with Crippen LogP contribution in [-0.4, -0.2) is 35.0 Å². The number of carbonyl (C=O) groups excluding carboxylic acids is 1. The molecule has 0 spiro atoms. The Hall–Kier alpha value is -1.91. The van der Waals surface area contributed by atoms with Crippen LogP contribution in [0, 0.1) is 0 Å². The predicted octanol–water partition coefficient (Wildman–Crippen LogP) is 2.16. The van der Waals surface area contributed by atoms with Crippen molar-refractivity contribution in [2.75, 3.05) is 18.0 Å². The van der Waals surface area contributed by atoms with E-state index in [2.05, 4.69) is 33.7 Å². The average molecular weight is 274 g/mol. The number of piperidine rings is 1. The van der Waals surface area contributed by atoms with Gasteiger partial charge in [-0.1, -0.05) is 13.0 Å². The summed E-state index contributed by atoms with van der Waals surface area (Å²) in [7, 11) is 0. The third-order valence-electron chi connectivity index (χ3n) is 3.64. The largest absolute Gasteiger partial charge is 0.347 e. The van der Waals surface area contributed by atoms with Crippen molar-refractivity contribution in [1.29, 1.82) is 0 Å². The lowest BCUT2D eigenvalue weighted by atomic mass is 10.0. The summed E-state index contributed by atoms with van der Waals surface area (Å²) in [6, 6.07) is 2.13. The summed E-state index contributed by atoms with van der Waals surface area (Å²) in [4.78, 5) is 22.9. The Labute approximate surface area is 120 Å². The molecule has 2 heterocycles. The van der Waals surface area contributed by atoms with E-state index in [-0.39, 0.29) is 5.91 Å². The molecule has 5 heteroatoms. The summed E-state index contributed by atoms with van der Waals surface area (Å²) in [5.74, 6) is 0.487. The Balaban J connectivity index is 2.15. The van der Waals surface area contributed by atoms with Crippen molar-refractivity contribution >= 4 is 11.9 Å². The number of rotatable bonds is 5. The summed E-state index contributed by atoms with van der Waals surface area (Å²) in [5, 5.41) is 2.74. The second-order valence-corrected chi connectivity index (χ2v) is 4.99. The molecule has 0 saturated carbocycles. The van der Waals surface area contributed by atoms with E-state index in [4.69, 9.17) is 0 Å². The Bertz CT molecular complexity index is 475. The van der Waals surface area contributed by atoms with Gasteiger partial charge in [-0.05, 0) is 31.7 Å². The first-order valence-corrected chi connectivity index (χ1v) is 7.25. The topological polar surface area (TPSA) is 58.1 Å². The third-order valence-corrected chi connectivity index (χ3v) is 3.64. The lowest BCUT2D eigenvalue weighted by Crippen LogP contribution is -2.40. The highest BCUT2D eigenvalue weighted by Gasteiger charge is 2.23. The molecule has 1 unspecified atom stereocenters. The zero-order valence-corrected chi connectivity index (χ0v) is 12.0. The van der Waals surface area contributed by atoms with Crippen molar-refractivity contribution < 1.29 is 4.79 Å². The van der Waals surface area contributed by atoms with Gasteiger partial charge in [0, 0.05) is 25.3 Å². The first kappa shape index (κ1) is 14.5. The molecular weight excluding hydrogens is 252 g/mol. The van der Waals surface area contributed by atoms with Gasteiger partial charge in [-0.25, -0.2) is 9.97 Å². The van der Waals surface area contributed by atoms with Gasteiger partial charge in [-0.3, -0.25) is 4.79 Å². The molecule has 1 atom stereocenters. The van der Waals surface area contributed by atoms with Gasteiger partial charge in [0.05, 0.1) is 0 Å². The Kier molecular flexibility index (Phi) is 5.09. The number of carbonyl (C=O) groups is 1. The normalized spacial score (nSPS) is 18.6. The lowest BCUT2D eigenvalue weighted by Gasteiger charge is -2.35. The van der Waals surface area contributed by atoms with Crippen LogP contribution in [0.1, 0.15) is 43.1 Å². The molecule has 1 aromatic rings. The van der Waals surface area contributed by atoms with E-state index in [1.54, 1.807) is 18.3 Å². The van der Waals surface area contributed by atoms with Crippen molar-refractivity contribution in [1.82, 2.24) is 15.3 Å². The van der Waals surface area contributed by atoms with Crippen LogP contribution in [0.25, 0.3) is 0 Å². The van der Waals surface area contributed by atoms with Gasteiger partial charge < -0.3 is 10.2 Å². The van der Waals surface area contributed by atoms with Crippen molar-refractivity contribution in [3.63, 3.8) is 0 Å². The van der Waals surface area contributed by atoms with Crippen LogP contribution >= 0.6 is 0 Å². The minimum atomic E-state index is -0.182. The number of anilines is 1. The van der Waals surface area contributed by atoms with Gasteiger partial charge in [0.15, 0.2) is 0 Å². The molecule has 0 aliphatic carbocycles. The highest BCUT2D eigenvalue weighted by atomic mass is 16.1. The zero-order valence-electron chi connectivity index (χ0n) is 12.0. The van der Waals surface area contributed by atoms with E-state index >= 15 is 0 Å². The molecule has 2 rings (SSSR count). The monoisotopic (exact) mass is 274 g/mol. The fourth-order valence-corrected chi connectivity index (χ4v) is 2.56. The zero-order chi connectivity index (χ0) is 14.4. The molecule has 0 radical (unpaired) electrons. The Morgan fingerprint density at radius 3 is 3.20 bits per heavy atom. The average Bonchev–Trinajstić information content (AvgIpc) is 2.52. The van der Waals surface area contributed by atoms with E-state index in [9.17, 15) is 4.79 Å². The molecule has 1 N–H and O–H groups in total. The summed E-state index contributed by atoms with van der Waals surface area (Å²) < 4.78 is 0. The maximum absolute atomic E-state index is 11.9. The summed E-state index contributed by atoms with van der Waals surface area (Å²) in [6.45, 7) is 7.18. The molecule has 1 saturated heterocycles. The second kappa shape index (κ2) is 7.03. The molecule has 0 bridgehead atoms. The predicted molar refractivity (Wildman–Crippen MR) is 79.8 cm³/mol. The van der Waals surface area contributed by atoms with Crippen LogP contribution in [0.3, 0.4) is 0 Å². The van der Waals surface area contributed by atoms with Crippen LogP contribution < -0.4 is 10.2 Å². The van der Waals surface area contributed by atoms with Crippen molar-refractivity contribution in [3.05, 3.63) is 30.6 Å². The van der Waals surface area contributed by atoms with Gasteiger partial charge in [0.25, 0.3) is 5.91 Å². The highest BCUT2D eigenvalue weighted by molar-refractivity contribution is 5.92. The van der Waals surface area contributed by atoms with Crippen LogP contribution in [0.4, 0.5) is 5.95 Å². The van der Waals surface area contributed by atoms with Crippen molar-refractivity contribution in [2.24, 2.45) is 0 Å². The Morgan fingerprint density at radius 2 is 2.45 bits per heavy atom. The molecule has 20 heavy (non-hydrogen) atoms. The number of amides is 1. The van der Waals surface area contributed by atoms with Gasteiger partial charge in [-0.2, -0.15) is 0 Å². The minimum Gasteiger partial charge on any atom is -0.347 e. The SMILES string of the molecule is C=CCNC(=O)c1ccnc(N2CCCCC2CC)n1. The van der Waals surface area contributed by atoms with Gasteiger partial charge in [0.1, 0.15) is 5.69 Å². The molecule has 108 valence electrons. The summed E-state index contributed by atoms with van der Waals surface area (Å²) in [6.07, 6.45) is 7.98. The third kappa shape index (κ3) is 3.35. The van der Waals surface area contributed by atoms with Crippen LogP contribution in [0.2, 0.25) is 0 Å². The van der Waals surface area contributed by atoms with Gasteiger partial charge >= 0.3 is 0 Å². The van der Waals surface area contributed by atoms with E-state index < -0.39 is 0 Å². The summed E-state index contributed by atoms with van der Waals surface area (Å²) >= 11 is 0. The number of nitrogens with one attached hydrogen (secondary N) is 1. The molecule has 1 aliphatic heterocycles. The van der Waals surface area contributed by atoms with Crippen LogP contribution in [-0.2, 0) is 0 Å². The maximum Gasteiger partial charge on any atom is 0.270 e. The van der Waals surface area contributed by atoms with E-state index in [1.165, 1.54) is 12.8 Å². The van der Waals surface area contributed by atoms with E-state index in [0.717, 1.165) is 19.4 Å². The first-order chi connectivity index (χ1) is 9.76. The molecule has 5 nitrogen and oxygen atoms in total. The highest BCUT2D eigenvalue weighted by Crippen LogP contribution is 2.23. The van der Waals surface area contributed by atoms with Crippen molar-refractivity contribution in [3.8, 4) is 0 Å². The van der Waals surface area contributed by atoms with E-state index in [1.807, 2.05) is 0 Å². The molecule has 0 aromatic carbocycles. The van der Waals surface area contributed by atoms with Crippen LogP contribution in [0.5, 0.6) is 0 Å². The molecule has 1 amide bonds. The van der Waals surface area contributed by atoms with Gasteiger partial charge in [0.2, 0.25) is 5.95 Å². The quantitative estimate of drug-likeness (QED) is 0.836. The standard InChI is InChI=1S/C15H22N4O/c1-3-9-16-14(20)13-8-10-17-15(18-13)19-11-6-5-7-12(19)4-2/h3,8,10,12H,1,4-7,9,11H2,2H3,(H,16,20). The van der Waals surface area contributed by atoms with Crippen molar-refractivity contribution in [2.45, 2.75) is 38.6 Å². The number of hydrogen-bond acceptors (Lipinski definition) is 4. The fraction of sp³-hybridized carbons (Fsp3) is 0.533. The van der Waals surface area contributed by atoms with Gasteiger partial charge in [-0.15, -0.1) is 6.58 Å². The number of hydrogen-bond donors (Lipinski definition) is 1. The molecular formula is C15H22N4O. The minimum absolute atomic E-state index is 0.182. The molecule has 1 fully saturated rings.